The summed E-state index contributed by atoms with van der Waals surface area (Å²) in [7, 11) is 0. The van der Waals surface area contributed by atoms with Crippen LogP contribution in [0.25, 0.3) is 0 Å². The van der Waals surface area contributed by atoms with Crippen molar-refractivity contribution in [3.63, 3.8) is 0 Å². The predicted molar refractivity (Wildman–Crippen MR) is 75.1 cm³/mol. The predicted octanol–water partition coefficient (Wildman–Crippen LogP) is 3.05. The maximum absolute atomic E-state index is 12.9. The second-order valence-electron chi connectivity index (χ2n) is 5.06. The number of aryl methyl sites for hydroxylation is 1. The van der Waals surface area contributed by atoms with Crippen LogP contribution in [-0.2, 0) is 6.42 Å². The average Bonchev–Trinajstić information content (AvgIpc) is 3.01. The number of hydrogen-bond donors (Lipinski definition) is 0. The molecule has 0 amide bonds. The van der Waals surface area contributed by atoms with Crippen molar-refractivity contribution in [2.75, 3.05) is 18.0 Å². The molecule has 0 aliphatic carbocycles. The largest absolute Gasteiger partial charge is 0.347 e. The fourth-order valence-corrected chi connectivity index (χ4v) is 3.25. The summed E-state index contributed by atoms with van der Waals surface area (Å²) in [5.74, 6) is 1.30. The van der Waals surface area contributed by atoms with E-state index in [-0.39, 0.29) is 5.82 Å². The fourth-order valence-electron chi connectivity index (χ4n) is 2.54. The summed E-state index contributed by atoms with van der Waals surface area (Å²) >= 11 is 1.47. The van der Waals surface area contributed by atoms with Gasteiger partial charge >= 0.3 is 0 Å². The van der Waals surface area contributed by atoms with Gasteiger partial charge in [0.15, 0.2) is 0 Å². The molecular formula is C14H16FN3S. The van der Waals surface area contributed by atoms with Crippen molar-refractivity contribution >= 4 is 16.7 Å². The van der Waals surface area contributed by atoms with Crippen LogP contribution in [0.1, 0.15) is 17.8 Å². The Morgan fingerprint density at radius 2 is 2.16 bits per heavy atom. The Morgan fingerprint density at radius 1 is 1.37 bits per heavy atom. The SMILES string of the molecule is Cc1nsc(N2CCC(Cc3ccc(F)cc3)C2)n1. The van der Waals surface area contributed by atoms with Gasteiger partial charge in [-0.3, -0.25) is 0 Å². The summed E-state index contributed by atoms with van der Waals surface area (Å²) < 4.78 is 17.1. The summed E-state index contributed by atoms with van der Waals surface area (Å²) in [5.41, 5.74) is 1.21. The van der Waals surface area contributed by atoms with Crippen LogP contribution < -0.4 is 4.90 Å². The van der Waals surface area contributed by atoms with Crippen molar-refractivity contribution < 1.29 is 4.39 Å². The third-order valence-electron chi connectivity index (χ3n) is 3.51. The lowest BCUT2D eigenvalue weighted by Crippen LogP contribution is -2.20. The van der Waals surface area contributed by atoms with Crippen molar-refractivity contribution in [3.8, 4) is 0 Å². The molecule has 0 saturated carbocycles. The second-order valence-corrected chi connectivity index (χ2v) is 5.79. The number of rotatable bonds is 3. The minimum absolute atomic E-state index is 0.166. The van der Waals surface area contributed by atoms with Crippen LogP contribution in [0.2, 0.25) is 0 Å². The molecule has 1 aromatic carbocycles. The van der Waals surface area contributed by atoms with Crippen molar-refractivity contribution in [1.29, 1.82) is 0 Å². The van der Waals surface area contributed by atoms with Crippen LogP contribution in [0, 0.1) is 18.7 Å². The van der Waals surface area contributed by atoms with Gasteiger partial charge < -0.3 is 4.90 Å². The van der Waals surface area contributed by atoms with Gasteiger partial charge in [0.05, 0.1) is 0 Å². The Balaban J connectivity index is 1.61. The highest BCUT2D eigenvalue weighted by Gasteiger charge is 2.24. The number of aromatic nitrogens is 2. The van der Waals surface area contributed by atoms with Gasteiger partial charge in [0.25, 0.3) is 0 Å². The number of anilines is 1. The van der Waals surface area contributed by atoms with Crippen LogP contribution in [0.5, 0.6) is 0 Å². The van der Waals surface area contributed by atoms with Gasteiger partial charge in [-0.25, -0.2) is 9.37 Å². The molecule has 1 unspecified atom stereocenters. The Labute approximate surface area is 116 Å². The van der Waals surface area contributed by atoms with E-state index in [2.05, 4.69) is 14.3 Å². The molecule has 3 rings (SSSR count). The van der Waals surface area contributed by atoms with E-state index < -0.39 is 0 Å². The third kappa shape index (κ3) is 2.92. The highest BCUT2D eigenvalue weighted by atomic mass is 32.1. The van der Waals surface area contributed by atoms with E-state index in [1.165, 1.54) is 29.2 Å². The first kappa shape index (κ1) is 12.5. The zero-order valence-electron chi connectivity index (χ0n) is 10.8. The quantitative estimate of drug-likeness (QED) is 0.863. The number of halogens is 1. The maximum Gasteiger partial charge on any atom is 0.205 e. The Bertz CT molecular complexity index is 552. The molecule has 1 atom stereocenters. The van der Waals surface area contributed by atoms with Crippen molar-refractivity contribution in [3.05, 3.63) is 41.5 Å². The van der Waals surface area contributed by atoms with Crippen LogP contribution in [0.3, 0.4) is 0 Å². The lowest BCUT2D eigenvalue weighted by molar-refractivity contribution is 0.583. The molecule has 19 heavy (non-hydrogen) atoms. The van der Waals surface area contributed by atoms with E-state index in [4.69, 9.17) is 0 Å². The van der Waals surface area contributed by atoms with Gasteiger partial charge in [-0.05, 0) is 43.4 Å². The highest BCUT2D eigenvalue weighted by Crippen LogP contribution is 2.27. The van der Waals surface area contributed by atoms with E-state index >= 15 is 0 Å². The lowest BCUT2D eigenvalue weighted by Gasteiger charge is -2.14. The molecule has 0 N–H and O–H groups in total. The third-order valence-corrected chi connectivity index (χ3v) is 4.38. The van der Waals surface area contributed by atoms with Crippen LogP contribution in [0.15, 0.2) is 24.3 Å². The number of benzene rings is 1. The Hall–Kier alpha value is -1.49. The zero-order valence-corrected chi connectivity index (χ0v) is 11.7. The molecule has 1 aliphatic rings. The van der Waals surface area contributed by atoms with Crippen LogP contribution in [-0.4, -0.2) is 22.4 Å². The molecule has 1 aliphatic heterocycles. The van der Waals surface area contributed by atoms with E-state index in [0.717, 1.165) is 36.9 Å². The summed E-state index contributed by atoms with van der Waals surface area (Å²) in [6.45, 7) is 3.98. The second kappa shape index (κ2) is 5.25. The van der Waals surface area contributed by atoms with E-state index in [0.29, 0.717) is 5.92 Å². The van der Waals surface area contributed by atoms with Crippen LogP contribution in [0.4, 0.5) is 9.52 Å². The smallest absolute Gasteiger partial charge is 0.205 e. The summed E-state index contributed by atoms with van der Waals surface area (Å²) in [6.07, 6.45) is 2.17. The molecule has 1 saturated heterocycles. The molecular weight excluding hydrogens is 261 g/mol. The molecule has 5 heteroatoms. The average molecular weight is 277 g/mol. The van der Waals surface area contributed by atoms with Gasteiger partial charge in [0.1, 0.15) is 11.6 Å². The standard InChI is InChI=1S/C14H16FN3S/c1-10-16-14(19-17-10)18-7-6-12(9-18)8-11-2-4-13(15)5-3-11/h2-5,12H,6-9H2,1H3. The van der Waals surface area contributed by atoms with E-state index in [1.54, 1.807) is 0 Å². The molecule has 3 nitrogen and oxygen atoms in total. The van der Waals surface area contributed by atoms with E-state index in [9.17, 15) is 4.39 Å². The molecule has 0 bridgehead atoms. The first-order chi connectivity index (χ1) is 9.20. The normalized spacial score (nSPS) is 19.1. The molecule has 0 radical (unpaired) electrons. The van der Waals surface area contributed by atoms with Gasteiger partial charge in [0, 0.05) is 24.6 Å². The first-order valence-corrected chi connectivity index (χ1v) is 7.28. The monoisotopic (exact) mass is 277 g/mol. The summed E-state index contributed by atoms with van der Waals surface area (Å²) in [5, 5.41) is 1.03. The van der Waals surface area contributed by atoms with Gasteiger partial charge in [0.2, 0.25) is 5.13 Å². The maximum atomic E-state index is 12.9. The number of nitrogens with zero attached hydrogens (tertiary/aromatic N) is 3. The van der Waals surface area contributed by atoms with Gasteiger partial charge in [-0.2, -0.15) is 4.37 Å². The summed E-state index contributed by atoms with van der Waals surface area (Å²) in [4.78, 5) is 6.73. The van der Waals surface area contributed by atoms with Crippen molar-refractivity contribution in [2.45, 2.75) is 19.8 Å². The topological polar surface area (TPSA) is 29.0 Å². The molecule has 1 fully saturated rings. The zero-order chi connectivity index (χ0) is 13.2. The lowest BCUT2D eigenvalue weighted by atomic mass is 9.99. The van der Waals surface area contributed by atoms with Gasteiger partial charge in [-0.1, -0.05) is 12.1 Å². The molecule has 2 aromatic rings. The molecule has 2 heterocycles. The minimum atomic E-state index is -0.166. The minimum Gasteiger partial charge on any atom is -0.347 e. The molecule has 100 valence electrons. The fraction of sp³-hybridized carbons (Fsp3) is 0.429. The first-order valence-electron chi connectivity index (χ1n) is 6.50. The highest BCUT2D eigenvalue weighted by molar-refractivity contribution is 7.09. The molecule has 0 spiro atoms. The Kier molecular flexibility index (Phi) is 3.46. The molecule has 1 aromatic heterocycles. The van der Waals surface area contributed by atoms with Crippen molar-refractivity contribution in [2.24, 2.45) is 5.92 Å². The van der Waals surface area contributed by atoms with Crippen molar-refractivity contribution in [1.82, 2.24) is 9.36 Å². The summed E-state index contributed by atoms with van der Waals surface area (Å²) in [6, 6.07) is 6.84. The number of hydrogen-bond acceptors (Lipinski definition) is 4. The van der Waals surface area contributed by atoms with Gasteiger partial charge in [-0.15, -0.1) is 0 Å². The Morgan fingerprint density at radius 3 is 2.84 bits per heavy atom. The van der Waals surface area contributed by atoms with Crippen LogP contribution >= 0.6 is 11.5 Å². The van der Waals surface area contributed by atoms with E-state index in [1.807, 2.05) is 19.1 Å².